The maximum atomic E-state index is 11.2. The zero-order chi connectivity index (χ0) is 13.8. The molecule has 0 N–H and O–H groups in total. The highest BCUT2D eigenvalue weighted by atomic mass is 35.5. The summed E-state index contributed by atoms with van der Waals surface area (Å²) in [5.41, 5.74) is 1.60. The Morgan fingerprint density at radius 1 is 1.37 bits per heavy atom. The first kappa shape index (κ1) is 13.9. The number of hydrogen-bond acceptors (Lipinski definition) is 3. The molecule has 1 aromatic carbocycles. The molecular formula is C14H16ClN3O. The van der Waals surface area contributed by atoms with Gasteiger partial charge in [0.1, 0.15) is 0 Å². The Balaban J connectivity index is 1.96. The van der Waals surface area contributed by atoms with Crippen LogP contribution in [0.3, 0.4) is 0 Å². The van der Waals surface area contributed by atoms with E-state index in [0.29, 0.717) is 10.6 Å². The maximum Gasteiger partial charge on any atom is 0.219 e. The van der Waals surface area contributed by atoms with Crippen LogP contribution in [0.15, 0.2) is 18.2 Å². The Morgan fingerprint density at radius 2 is 2.05 bits per heavy atom. The van der Waals surface area contributed by atoms with E-state index in [1.807, 2.05) is 11.0 Å². The van der Waals surface area contributed by atoms with E-state index in [1.165, 1.54) is 0 Å². The van der Waals surface area contributed by atoms with Gasteiger partial charge in [-0.3, -0.25) is 9.69 Å². The fourth-order valence-electron chi connectivity index (χ4n) is 2.21. The number of benzene rings is 1. The van der Waals surface area contributed by atoms with Crippen molar-refractivity contribution in [3.05, 3.63) is 34.3 Å². The molecule has 1 aliphatic heterocycles. The predicted octanol–water partition coefficient (Wildman–Crippen LogP) is 1.88. The van der Waals surface area contributed by atoms with E-state index in [-0.39, 0.29) is 5.91 Å². The number of carbonyl (C=O) groups is 1. The molecular weight excluding hydrogens is 262 g/mol. The molecule has 5 heteroatoms. The second kappa shape index (κ2) is 6.05. The first-order chi connectivity index (χ1) is 9.10. The summed E-state index contributed by atoms with van der Waals surface area (Å²) in [4.78, 5) is 15.4. The van der Waals surface area contributed by atoms with Crippen molar-refractivity contribution in [3.63, 3.8) is 0 Å². The van der Waals surface area contributed by atoms with Crippen LogP contribution >= 0.6 is 11.6 Å². The lowest BCUT2D eigenvalue weighted by Gasteiger charge is -2.34. The quantitative estimate of drug-likeness (QED) is 0.829. The SMILES string of the molecule is CC(=O)N1CCN(Cc2ccc(C#N)cc2Cl)CC1. The van der Waals surface area contributed by atoms with E-state index in [1.54, 1.807) is 19.1 Å². The average Bonchev–Trinajstić information content (AvgIpc) is 2.41. The van der Waals surface area contributed by atoms with Crippen LogP contribution in [0.5, 0.6) is 0 Å². The summed E-state index contributed by atoms with van der Waals surface area (Å²) < 4.78 is 0. The van der Waals surface area contributed by atoms with Gasteiger partial charge < -0.3 is 4.90 Å². The molecule has 0 atom stereocenters. The number of rotatable bonds is 2. The van der Waals surface area contributed by atoms with Crippen LogP contribution in [-0.2, 0) is 11.3 Å². The third-order valence-electron chi connectivity index (χ3n) is 3.39. The van der Waals surface area contributed by atoms with E-state index in [2.05, 4.69) is 11.0 Å². The number of nitrogens with zero attached hydrogens (tertiary/aromatic N) is 3. The molecule has 4 nitrogen and oxygen atoms in total. The molecule has 0 bridgehead atoms. The average molecular weight is 278 g/mol. The summed E-state index contributed by atoms with van der Waals surface area (Å²) in [5.74, 6) is 0.135. The molecule has 19 heavy (non-hydrogen) atoms. The van der Waals surface area contributed by atoms with Gasteiger partial charge in [-0.15, -0.1) is 0 Å². The number of hydrogen-bond donors (Lipinski definition) is 0. The van der Waals surface area contributed by atoms with Crippen molar-refractivity contribution >= 4 is 17.5 Å². The third kappa shape index (κ3) is 3.46. The van der Waals surface area contributed by atoms with Gasteiger partial charge in [0.05, 0.1) is 11.6 Å². The second-order valence-corrected chi connectivity index (χ2v) is 5.11. The highest BCUT2D eigenvalue weighted by Crippen LogP contribution is 2.20. The molecule has 1 heterocycles. The number of carbonyl (C=O) groups excluding carboxylic acids is 1. The van der Waals surface area contributed by atoms with Crippen molar-refractivity contribution in [2.75, 3.05) is 26.2 Å². The fraction of sp³-hybridized carbons (Fsp3) is 0.429. The van der Waals surface area contributed by atoms with E-state index in [0.717, 1.165) is 38.3 Å². The molecule has 1 amide bonds. The van der Waals surface area contributed by atoms with Gasteiger partial charge >= 0.3 is 0 Å². The molecule has 1 aromatic rings. The molecule has 0 radical (unpaired) electrons. The van der Waals surface area contributed by atoms with Crippen molar-refractivity contribution in [1.29, 1.82) is 5.26 Å². The first-order valence-electron chi connectivity index (χ1n) is 6.26. The lowest BCUT2D eigenvalue weighted by Crippen LogP contribution is -2.47. The van der Waals surface area contributed by atoms with Crippen LogP contribution in [0.25, 0.3) is 0 Å². The summed E-state index contributed by atoms with van der Waals surface area (Å²) in [5, 5.41) is 9.43. The first-order valence-corrected chi connectivity index (χ1v) is 6.64. The van der Waals surface area contributed by atoms with E-state index < -0.39 is 0 Å². The van der Waals surface area contributed by atoms with Crippen LogP contribution in [0.4, 0.5) is 0 Å². The molecule has 1 saturated heterocycles. The van der Waals surface area contributed by atoms with Gasteiger partial charge in [-0.05, 0) is 17.7 Å². The highest BCUT2D eigenvalue weighted by molar-refractivity contribution is 6.31. The van der Waals surface area contributed by atoms with Crippen molar-refractivity contribution in [3.8, 4) is 6.07 Å². The summed E-state index contributed by atoms with van der Waals surface area (Å²) in [7, 11) is 0. The van der Waals surface area contributed by atoms with Gasteiger partial charge in [-0.25, -0.2) is 0 Å². The predicted molar refractivity (Wildman–Crippen MR) is 73.7 cm³/mol. The molecule has 0 saturated carbocycles. The fourth-order valence-corrected chi connectivity index (χ4v) is 2.45. The topological polar surface area (TPSA) is 47.3 Å². The third-order valence-corrected chi connectivity index (χ3v) is 3.75. The Labute approximate surface area is 118 Å². The lowest BCUT2D eigenvalue weighted by atomic mass is 10.1. The molecule has 1 aliphatic rings. The summed E-state index contributed by atoms with van der Waals surface area (Å²) >= 11 is 6.16. The molecule has 1 fully saturated rings. The minimum absolute atomic E-state index is 0.135. The van der Waals surface area contributed by atoms with Gasteiger partial charge in [0.25, 0.3) is 0 Å². The van der Waals surface area contributed by atoms with Crippen molar-refractivity contribution in [2.45, 2.75) is 13.5 Å². The molecule has 100 valence electrons. The molecule has 0 spiro atoms. The van der Waals surface area contributed by atoms with Gasteiger partial charge in [-0.1, -0.05) is 17.7 Å². The smallest absolute Gasteiger partial charge is 0.219 e. The number of amides is 1. The summed E-state index contributed by atoms with van der Waals surface area (Å²) in [6.45, 7) is 5.61. The van der Waals surface area contributed by atoms with Crippen LogP contribution < -0.4 is 0 Å². The zero-order valence-electron chi connectivity index (χ0n) is 10.9. The van der Waals surface area contributed by atoms with Crippen LogP contribution in [0.1, 0.15) is 18.1 Å². The van der Waals surface area contributed by atoms with Gasteiger partial charge in [0.15, 0.2) is 0 Å². The Morgan fingerprint density at radius 3 is 2.58 bits per heavy atom. The molecule has 0 unspecified atom stereocenters. The van der Waals surface area contributed by atoms with Crippen LogP contribution in [0.2, 0.25) is 5.02 Å². The van der Waals surface area contributed by atoms with Gasteiger partial charge in [0, 0.05) is 44.7 Å². The van der Waals surface area contributed by atoms with Crippen molar-refractivity contribution in [1.82, 2.24) is 9.80 Å². The number of piperazine rings is 1. The van der Waals surface area contributed by atoms with Crippen LogP contribution in [-0.4, -0.2) is 41.9 Å². The van der Waals surface area contributed by atoms with Crippen molar-refractivity contribution in [2.24, 2.45) is 0 Å². The zero-order valence-corrected chi connectivity index (χ0v) is 11.7. The Hall–Kier alpha value is -1.57. The standard InChI is InChI=1S/C14H16ClN3O/c1-11(19)18-6-4-17(5-7-18)10-13-3-2-12(9-16)8-14(13)15/h2-3,8H,4-7,10H2,1H3. The lowest BCUT2D eigenvalue weighted by molar-refractivity contribution is -0.130. The van der Waals surface area contributed by atoms with Gasteiger partial charge in [0.2, 0.25) is 5.91 Å². The van der Waals surface area contributed by atoms with E-state index in [4.69, 9.17) is 16.9 Å². The number of halogens is 1. The molecule has 2 rings (SSSR count). The highest BCUT2D eigenvalue weighted by Gasteiger charge is 2.19. The maximum absolute atomic E-state index is 11.2. The minimum atomic E-state index is 0.135. The molecule has 0 aliphatic carbocycles. The monoisotopic (exact) mass is 277 g/mol. The van der Waals surface area contributed by atoms with E-state index in [9.17, 15) is 4.79 Å². The summed E-state index contributed by atoms with van der Waals surface area (Å²) in [6, 6.07) is 7.46. The van der Waals surface area contributed by atoms with Gasteiger partial charge in [-0.2, -0.15) is 5.26 Å². The van der Waals surface area contributed by atoms with Crippen molar-refractivity contribution < 1.29 is 4.79 Å². The Bertz CT molecular complexity index is 516. The second-order valence-electron chi connectivity index (χ2n) is 4.70. The minimum Gasteiger partial charge on any atom is -0.340 e. The normalized spacial score (nSPS) is 16.2. The Kier molecular flexibility index (Phi) is 4.41. The largest absolute Gasteiger partial charge is 0.340 e. The number of nitriles is 1. The van der Waals surface area contributed by atoms with Crippen LogP contribution in [0, 0.1) is 11.3 Å². The summed E-state index contributed by atoms with van der Waals surface area (Å²) in [6.07, 6.45) is 0. The van der Waals surface area contributed by atoms with E-state index >= 15 is 0 Å². The molecule has 0 aromatic heterocycles.